The second kappa shape index (κ2) is 10.9. The smallest absolute Gasteiger partial charge is 0.140 e. The van der Waals surface area contributed by atoms with Crippen molar-refractivity contribution in [1.82, 2.24) is 20.1 Å². The minimum atomic E-state index is -0.748. The molecule has 4 rings (SSSR count). The Morgan fingerprint density at radius 2 is 2.03 bits per heavy atom. The number of halogens is 1. The average molecular weight is 453 g/mol. The van der Waals surface area contributed by atoms with Crippen molar-refractivity contribution in [3.63, 3.8) is 0 Å². The maximum atomic E-state index is 7.06. The monoisotopic (exact) mass is 452 g/mol. The van der Waals surface area contributed by atoms with E-state index in [0.29, 0.717) is 0 Å². The summed E-state index contributed by atoms with van der Waals surface area (Å²) in [5.41, 5.74) is 10.4. The van der Waals surface area contributed by atoms with Crippen LogP contribution in [0.5, 0.6) is 0 Å². The van der Waals surface area contributed by atoms with Crippen LogP contribution < -0.4 is 11.1 Å². The van der Waals surface area contributed by atoms with Crippen LogP contribution in [-0.4, -0.2) is 60.4 Å². The van der Waals surface area contributed by atoms with E-state index in [9.17, 15) is 0 Å². The molecule has 2 aliphatic rings. The second-order valence-electron chi connectivity index (χ2n) is 7.88. The van der Waals surface area contributed by atoms with Crippen LogP contribution in [0.1, 0.15) is 36.2 Å². The van der Waals surface area contributed by atoms with Gasteiger partial charge in [-0.2, -0.15) is 0 Å². The normalized spacial score (nSPS) is 20.3. The first-order chi connectivity index (χ1) is 15.4. The Balaban J connectivity index is 0.000000275. The predicted molar refractivity (Wildman–Crippen MR) is 136 cm³/mol. The van der Waals surface area contributed by atoms with Crippen molar-refractivity contribution in [2.45, 2.75) is 19.5 Å². The molecule has 2 aromatic rings. The van der Waals surface area contributed by atoms with Crippen molar-refractivity contribution in [3.05, 3.63) is 76.7 Å². The van der Waals surface area contributed by atoms with E-state index in [1.165, 1.54) is 0 Å². The first kappa shape index (κ1) is 24.1. The molecule has 0 spiro atoms. The van der Waals surface area contributed by atoms with Gasteiger partial charge >= 0.3 is 0 Å². The summed E-state index contributed by atoms with van der Waals surface area (Å²) in [5.74, 6) is 1.01. The molecule has 0 amide bonds. The molecular formula is C25H33ClN6. The number of piperazine rings is 1. The molecule has 0 bridgehead atoms. The summed E-state index contributed by atoms with van der Waals surface area (Å²) >= 11 is 6.21. The Morgan fingerprint density at radius 3 is 2.72 bits per heavy atom. The lowest BCUT2D eigenvalue weighted by molar-refractivity contribution is 0.106. The topological polar surface area (TPSA) is 69.8 Å². The van der Waals surface area contributed by atoms with E-state index < -0.39 is 5.66 Å². The van der Waals surface area contributed by atoms with Gasteiger partial charge in [-0.3, -0.25) is 9.88 Å². The number of nitrogens with two attached hydrogens (primary N) is 1. The third kappa shape index (κ3) is 5.10. The van der Waals surface area contributed by atoms with Crippen LogP contribution in [0.25, 0.3) is 12.2 Å². The summed E-state index contributed by atoms with van der Waals surface area (Å²) in [6.45, 7) is 12.2. The van der Waals surface area contributed by atoms with Crippen molar-refractivity contribution < 1.29 is 0 Å². The first-order valence-electron chi connectivity index (χ1n) is 11.0. The van der Waals surface area contributed by atoms with Crippen LogP contribution in [0.3, 0.4) is 0 Å². The van der Waals surface area contributed by atoms with Gasteiger partial charge in [0.15, 0.2) is 0 Å². The molecule has 1 aromatic carbocycles. The highest BCUT2D eigenvalue weighted by molar-refractivity contribution is 6.30. The summed E-state index contributed by atoms with van der Waals surface area (Å²) in [5, 5.41) is 4.11. The van der Waals surface area contributed by atoms with Crippen LogP contribution in [0.4, 0.5) is 0 Å². The summed E-state index contributed by atoms with van der Waals surface area (Å²) in [4.78, 5) is 13.0. The fourth-order valence-corrected chi connectivity index (χ4v) is 4.17. The Morgan fingerprint density at radius 1 is 1.31 bits per heavy atom. The number of amidine groups is 1. The number of fused-ring (bicyclic) bond motifs is 2. The molecular weight excluding hydrogens is 420 g/mol. The van der Waals surface area contributed by atoms with E-state index in [2.05, 4.69) is 56.8 Å². The van der Waals surface area contributed by atoms with E-state index >= 15 is 0 Å². The SMILES string of the molecule is C=CN=C(C)N(C)CC.NC1(N2CCNCC2)c2ccc(Cl)cc2C=Cc2cccnc21. The van der Waals surface area contributed by atoms with Gasteiger partial charge in [0.25, 0.3) is 0 Å². The molecule has 0 radical (unpaired) electrons. The zero-order valence-electron chi connectivity index (χ0n) is 19.2. The largest absolute Gasteiger partial charge is 0.364 e. The molecule has 32 heavy (non-hydrogen) atoms. The summed E-state index contributed by atoms with van der Waals surface area (Å²) in [7, 11) is 2.00. The number of hydrogen-bond donors (Lipinski definition) is 2. The maximum Gasteiger partial charge on any atom is 0.140 e. The lowest BCUT2D eigenvalue weighted by Crippen LogP contribution is -2.60. The molecule has 1 aliphatic carbocycles. The Labute approximate surface area is 196 Å². The van der Waals surface area contributed by atoms with Crippen LogP contribution >= 0.6 is 11.6 Å². The number of aliphatic imine (C=N–C) groups is 1. The Hall–Kier alpha value is -2.51. The maximum absolute atomic E-state index is 7.06. The number of hydrogen-bond acceptors (Lipinski definition) is 5. The van der Waals surface area contributed by atoms with Crippen molar-refractivity contribution in [2.75, 3.05) is 39.8 Å². The van der Waals surface area contributed by atoms with E-state index in [1.54, 1.807) is 6.20 Å². The minimum absolute atomic E-state index is 0.718. The van der Waals surface area contributed by atoms with Gasteiger partial charge in [-0.25, -0.2) is 4.99 Å². The van der Waals surface area contributed by atoms with Crippen molar-refractivity contribution >= 4 is 29.6 Å². The number of benzene rings is 1. The van der Waals surface area contributed by atoms with Crippen LogP contribution in [0.15, 0.2) is 54.3 Å². The molecule has 7 heteroatoms. The van der Waals surface area contributed by atoms with Crippen LogP contribution in [0, 0.1) is 0 Å². The van der Waals surface area contributed by atoms with E-state index in [4.69, 9.17) is 17.3 Å². The predicted octanol–water partition coefficient (Wildman–Crippen LogP) is 3.78. The molecule has 0 saturated carbocycles. The standard InChI is InChI=1S/C18H19ClN4.C7H14N2/c19-15-5-6-16-14(12-15)4-3-13-2-1-7-22-17(13)18(16,20)23-10-8-21-9-11-23;1-5-8-7(3)9(4)6-2/h1-7,12,21H,8-11,20H2;5H,1,6H2,2-4H3. The summed E-state index contributed by atoms with van der Waals surface area (Å²) in [6, 6.07) is 9.93. The van der Waals surface area contributed by atoms with Gasteiger partial charge < -0.3 is 16.0 Å². The molecule has 1 fully saturated rings. The highest BCUT2D eigenvalue weighted by Gasteiger charge is 2.41. The molecule has 1 saturated heterocycles. The highest BCUT2D eigenvalue weighted by atomic mass is 35.5. The fraction of sp³-hybridized carbons (Fsp3) is 0.360. The van der Waals surface area contributed by atoms with Gasteiger partial charge in [0.05, 0.1) is 5.69 Å². The van der Waals surface area contributed by atoms with E-state index in [-0.39, 0.29) is 0 Å². The zero-order valence-corrected chi connectivity index (χ0v) is 19.9. The fourth-order valence-electron chi connectivity index (χ4n) is 3.99. The number of nitrogens with one attached hydrogen (secondary N) is 1. The quantitative estimate of drug-likeness (QED) is 0.547. The van der Waals surface area contributed by atoms with Crippen molar-refractivity contribution in [3.8, 4) is 0 Å². The lowest BCUT2D eigenvalue weighted by atomic mass is 9.89. The number of nitrogens with zero attached hydrogens (tertiary/aromatic N) is 4. The molecule has 3 N–H and O–H groups in total. The van der Waals surface area contributed by atoms with E-state index in [1.807, 2.05) is 44.4 Å². The van der Waals surface area contributed by atoms with Gasteiger partial charge in [-0.05, 0) is 43.2 Å². The van der Waals surface area contributed by atoms with E-state index in [0.717, 1.165) is 66.0 Å². The van der Waals surface area contributed by atoms with Gasteiger partial charge in [0, 0.05) is 62.8 Å². The molecule has 1 aromatic heterocycles. The molecule has 6 nitrogen and oxygen atoms in total. The summed E-state index contributed by atoms with van der Waals surface area (Å²) in [6.07, 6.45) is 7.53. The zero-order chi connectivity index (χ0) is 23.1. The van der Waals surface area contributed by atoms with Gasteiger partial charge in [-0.15, -0.1) is 0 Å². The van der Waals surface area contributed by atoms with Crippen LogP contribution in [0.2, 0.25) is 5.02 Å². The molecule has 1 unspecified atom stereocenters. The highest BCUT2D eigenvalue weighted by Crippen LogP contribution is 2.38. The molecule has 1 atom stereocenters. The van der Waals surface area contributed by atoms with Gasteiger partial charge in [0.2, 0.25) is 0 Å². The second-order valence-corrected chi connectivity index (χ2v) is 8.32. The van der Waals surface area contributed by atoms with Crippen molar-refractivity contribution in [2.24, 2.45) is 10.7 Å². The lowest BCUT2D eigenvalue weighted by Gasteiger charge is -2.43. The Bertz CT molecular complexity index is 996. The number of rotatable bonds is 3. The molecule has 170 valence electrons. The Kier molecular flexibility index (Phi) is 8.21. The minimum Gasteiger partial charge on any atom is -0.364 e. The van der Waals surface area contributed by atoms with Gasteiger partial charge in [0.1, 0.15) is 11.5 Å². The summed E-state index contributed by atoms with van der Waals surface area (Å²) < 4.78 is 0. The van der Waals surface area contributed by atoms with Gasteiger partial charge in [-0.1, -0.05) is 42.5 Å². The third-order valence-electron chi connectivity index (χ3n) is 5.99. The molecule has 1 aliphatic heterocycles. The third-order valence-corrected chi connectivity index (χ3v) is 6.22. The first-order valence-corrected chi connectivity index (χ1v) is 11.3. The number of aromatic nitrogens is 1. The van der Waals surface area contributed by atoms with Crippen LogP contribution in [-0.2, 0) is 5.66 Å². The molecule has 2 heterocycles. The number of pyridine rings is 1. The average Bonchev–Trinajstić information content (AvgIpc) is 2.95. The van der Waals surface area contributed by atoms with Crippen molar-refractivity contribution in [1.29, 1.82) is 0 Å².